The second-order valence-corrected chi connectivity index (χ2v) is 6.61. The molecule has 1 heterocycles. The summed E-state index contributed by atoms with van der Waals surface area (Å²) in [4.78, 5) is 24.0. The standard InChI is InChI=1S/C17H23ClN2O8/c1-25-4-5-26-13-7-14-12(6-11(13)18)20(16(24)28-14)3-2-15(23)27-10-17(19,8-21)9-22/h6-7,21-22H,2-5,8-10,19H2,1H3. The molecule has 28 heavy (non-hydrogen) atoms. The molecule has 2 rings (SSSR count). The zero-order valence-electron chi connectivity index (χ0n) is 15.4. The number of esters is 1. The van der Waals surface area contributed by atoms with Crippen molar-refractivity contribution < 1.29 is 33.6 Å². The van der Waals surface area contributed by atoms with Gasteiger partial charge in [0.1, 0.15) is 19.0 Å². The highest BCUT2D eigenvalue weighted by molar-refractivity contribution is 6.32. The smallest absolute Gasteiger partial charge is 0.419 e. The van der Waals surface area contributed by atoms with Gasteiger partial charge in [0.05, 0.1) is 42.3 Å². The summed E-state index contributed by atoms with van der Waals surface area (Å²) in [5.74, 6) is -0.964. The van der Waals surface area contributed by atoms with Crippen molar-refractivity contribution in [3.63, 3.8) is 0 Å². The summed E-state index contributed by atoms with van der Waals surface area (Å²) in [5, 5.41) is 18.4. The molecule has 10 nitrogen and oxygen atoms in total. The summed E-state index contributed by atoms with van der Waals surface area (Å²) in [5.41, 5.74) is 4.88. The van der Waals surface area contributed by atoms with E-state index in [0.29, 0.717) is 17.9 Å². The van der Waals surface area contributed by atoms with Gasteiger partial charge in [0, 0.05) is 19.7 Å². The number of rotatable bonds is 11. The maximum atomic E-state index is 12.1. The molecule has 2 aromatic rings. The molecule has 0 aliphatic heterocycles. The Kier molecular flexibility index (Phi) is 7.84. The lowest BCUT2D eigenvalue weighted by Crippen LogP contribution is -2.51. The van der Waals surface area contributed by atoms with Crippen LogP contribution in [0.1, 0.15) is 6.42 Å². The fourth-order valence-corrected chi connectivity index (χ4v) is 2.47. The van der Waals surface area contributed by atoms with Crippen molar-refractivity contribution in [2.45, 2.75) is 18.5 Å². The minimum absolute atomic E-state index is 0.0132. The molecule has 11 heteroatoms. The molecule has 0 saturated carbocycles. The summed E-state index contributed by atoms with van der Waals surface area (Å²) in [6, 6.07) is 3.01. The van der Waals surface area contributed by atoms with Crippen molar-refractivity contribution in [2.75, 3.05) is 40.1 Å². The predicted molar refractivity (Wildman–Crippen MR) is 99.5 cm³/mol. The van der Waals surface area contributed by atoms with Crippen LogP contribution in [0.4, 0.5) is 0 Å². The van der Waals surface area contributed by atoms with Crippen molar-refractivity contribution in [2.24, 2.45) is 5.73 Å². The number of carbonyl (C=O) groups is 1. The Balaban J connectivity index is 2.06. The largest absolute Gasteiger partial charge is 0.489 e. The zero-order chi connectivity index (χ0) is 20.7. The number of hydrogen-bond acceptors (Lipinski definition) is 9. The third-order valence-electron chi connectivity index (χ3n) is 3.96. The first-order valence-corrected chi connectivity index (χ1v) is 8.82. The number of hydrogen-bond donors (Lipinski definition) is 3. The van der Waals surface area contributed by atoms with Gasteiger partial charge < -0.3 is 34.6 Å². The fourth-order valence-electron chi connectivity index (χ4n) is 2.26. The average Bonchev–Trinajstić information content (AvgIpc) is 2.98. The minimum atomic E-state index is -1.42. The minimum Gasteiger partial charge on any atom is -0.489 e. The summed E-state index contributed by atoms with van der Waals surface area (Å²) in [7, 11) is 1.54. The molecule has 0 atom stereocenters. The number of oxazole rings is 1. The Morgan fingerprint density at radius 3 is 2.68 bits per heavy atom. The molecule has 0 amide bonds. The van der Waals surface area contributed by atoms with Gasteiger partial charge in [0.2, 0.25) is 0 Å². The second-order valence-electron chi connectivity index (χ2n) is 6.20. The highest BCUT2D eigenvalue weighted by Crippen LogP contribution is 2.30. The van der Waals surface area contributed by atoms with Crippen LogP contribution in [-0.2, 0) is 20.8 Å². The predicted octanol–water partition coefficient (Wildman–Crippen LogP) is -0.111. The molecule has 0 radical (unpaired) electrons. The SMILES string of the molecule is COCCOc1cc2oc(=O)n(CCC(=O)OCC(N)(CO)CO)c2cc1Cl. The average molecular weight is 419 g/mol. The van der Waals surface area contributed by atoms with Crippen molar-refractivity contribution in [1.29, 1.82) is 0 Å². The van der Waals surface area contributed by atoms with Crippen LogP contribution in [0, 0.1) is 0 Å². The number of aryl methyl sites for hydroxylation is 1. The Morgan fingerprint density at radius 2 is 2.04 bits per heavy atom. The van der Waals surface area contributed by atoms with Crippen LogP contribution in [-0.4, -0.2) is 66.4 Å². The van der Waals surface area contributed by atoms with E-state index < -0.39 is 30.5 Å². The number of halogens is 1. The summed E-state index contributed by atoms with van der Waals surface area (Å²) in [6.45, 7) is -0.804. The molecule has 0 aliphatic rings. The number of carbonyl (C=O) groups excluding carboxylic acids is 1. The lowest BCUT2D eigenvalue weighted by atomic mass is 10.1. The van der Waals surface area contributed by atoms with Crippen LogP contribution in [0.2, 0.25) is 5.02 Å². The first-order valence-electron chi connectivity index (χ1n) is 8.44. The quantitative estimate of drug-likeness (QED) is 0.336. The molecule has 0 fully saturated rings. The van der Waals surface area contributed by atoms with Crippen molar-refractivity contribution >= 4 is 28.7 Å². The number of aromatic nitrogens is 1. The number of fused-ring (bicyclic) bond motifs is 1. The van der Waals surface area contributed by atoms with E-state index in [1.807, 2.05) is 0 Å². The number of aliphatic hydroxyl groups excluding tert-OH is 2. The number of ether oxygens (including phenoxy) is 3. The van der Waals surface area contributed by atoms with Crippen LogP contribution >= 0.6 is 11.6 Å². The number of aliphatic hydroxyl groups is 2. The monoisotopic (exact) mass is 418 g/mol. The van der Waals surface area contributed by atoms with E-state index in [1.54, 1.807) is 7.11 Å². The Bertz CT molecular complexity index is 859. The normalized spacial score (nSPS) is 11.8. The maximum Gasteiger partial charge on any atom is 0.419 e. The van der Waals surface area contributed by atoms with E-state index in [0.717, 1.165) is 0 Å². The topological polar surface area (TPSA) is 146 Å². The number of nitrogens with zero attached hydrogens (tertiary/aromatic N) is 1. The summed E-state index contributed by atoms with van der Waals surface area (Å²) in [6.07, 6.45) is -0.148. The van der Waals surface area contributed by atoms with Gasteiger partial charge in [-0.2, -0.15) is 0 Å². The summed E-state index contributed by atoms with van der Waals surface area (Å²) >= 11 is 6.18. The van der Waals surface area contributed by atoms with E-state index >= 15 is 0 Å². The van der Waals surface area contributed by atoms with Crippen LogP contribution < -0.4 is 16.2 Å². The summed E-state index contributed by atoms with van der Waals surface area (Å²) < 4.78 is 21.7. The molecule has 0 bridgehead atoms. The molecule has 1 aromatic carbocycles. The first kappa shape index (κ1) is 22.2. The molecule has 156 valence electrons. The molecule has 0 aliphatic carbocycles. The molecular weight excluding hydrogens is 396 g/mol. The van der Waals surface area contributed by atoms with Crippen LogP contribution in [0.3, 0.4) is 0 Å². The van der Waals surface area contributed by atoms with E-state index in [9.17, 15) is 9.59 Å². The Hall–Kier alpha value is -2.11. The molecule has 4 N–H and O–H groups in total. The molecular formula is C17H23ClN2O8. The first-order chi connectivity index (χ1) is 13.3. The third-order valence-corrected chi connectivity index (χ3v) is 4.25. The van der Waals surface area contributed by atoms with Crippen LogP contribution in [0.25, 0.3) is 11.1 Å². The fraction of sp³-hybridized carbons (Fsp3) is 0.529. The van der Waals surface area contributed by atoms with Crippen molar-refractivity contribution in [1.82, 2.24) is 4.57 Å². The van der Waals surface area contributed by atoms with E-state index in [4.69, 9.17) is 46.2 Å². The van der Waals surface area contributed by atoms with Crippen LogP contribution in [0.5, 0.6) is 5.75 Å². The highest BCUT2D eigenvalue weighted by Gasteiger charge is 2.25. The number of benzene rings is 1. The number of nitrogens with two attached hydrogens (primary N) is 1. The van der Waals surface area contributed by atoms with Crippen molar-refractivity contribution in [3.8, 4) is 5.75 Å². The molecule has 0 saturated heterocycles. The molecule has 0 unspecified atom stereocenters. The van der Waals surface area contributed by atoms with Gasteiger partial charge >= 0.3 is 11.7 Å². The van der Waals surface area contributed by atoms with Gasteiger partial charge in [-0.05, 0) is 6.07 Å². The lowest BCUT2D eigenvalue weighted by molar-refractivity contribution is -0.146. The van der Waals surface area contributed by atoms with E-state index in [1.165, 1.54) is 16.7 Å². The van der Waals surface area contributed by atoms with E-state index in [-0.39, 0.29) is 36.8 Å². The highest BCUT2D eigenvalue weighted by atomic mass is 35.5. The second kappa shape index (κ2) is 9.89. The molecule has 1 aromatic heterocycles. The van der Waals surface area contributed by atoms with Gasteiger partial charge in [-0.25, -0.2) is 4.79 Å². The lowest BCUT2D eigenvalue weighted by Gasteiger charge is -2.23. The third kappa shape index (κ3) is 5.46. The Labute approximate surface area is 165 Å². The van der Waals surface area contributed by atoms with Gasteiger partial charge in [-0.1, -0.05) is 11.6 Å². The molecule has 0 spiro atoms. The van der Waals surface area contributed by atoms with Crippen molar-refractivity contribution in [3.05, 3.63) is 27.7 Å². The van der Waals surface area contributed by atoms with E-state index in [2.05, 4.69) is 0 Å². The van der Waals surface area contributed by atoms with Gasteiger partial charge in [-0.15, -0.1) is 0 Å². The zero-order valence-corrected chi connectivity index (χ0v) is 16.1. The van der Waals surface area contributed by atoms with Gasteiger partial charge in [-0.3, -0.25) is 9.36 Å². The van der Waals surface area contributed by atoms with Gasteiger partial charge in [0.15, 0.2) is 5.58 Å². The maximum absolute atomic E-state index is 12.1. The number of methoxy groups -OCH3 is 1. The van der Waals surface area contributed by atoms with Gasteiger partial charge in [0.25, 0.3) is 0 Å². The van der Waals surface area contributed by atoms with Crippen LogP contribution in [0.15, 0.2) is 21.3 Å². The Morgan fingerprint density at radius 1 is 1.32 bits per heavy atom.